The van der Waals surface area contributed by atoms with Crippen molar-refractivity contribution in [2.75, 3.05) is 6.54 Å². The Bertz CT molecular complexity index is 411. The number of hydrogen-bond donors (Lipinski definition) is 1. The maximum atomic E-state index is 12.8. The predicted octanol–water partition coefficient (Wildman–Crippen LogP) is 2.33. The molecule has 21 heavy (non-hydrogen) atoms. The molecule has 2 saturated carbocycles. The zero-order valence-electron chi connectivity index (χ0n) is 13.3. The maximum absolute atomic E-state index is 12.8. The molecule has 0 aromatic carbocycles. The third-order valence-corrected chi connectivity index (χ3v) is 5.37. The lowest BCUT2D eigenvalue weighted by molar-refractivity contribution is -0.153. The first kappa shape index (κ1) is 14.9. The van der Waals surface area contributed by atoms with Gasteiger partial charge in [0, 0.05) is 6.54 Å². The fraction of sp³-hybridized carbons (Fsp3) is 0.882. The maximum Gasteiger partial charge on any atom is 0.246 e. The molecule has 2 aliphatic carbocycles. The molecule has 0 aromatic heterocycles. The van der Waals surface area contributed by atoms with Gasteiger partial charge in [0.2, 0.25) is 11.8 Å². The van der Waals surface area contributed by atoms with E-state index in [-0.39, 0.29) is 29.8 Å². The summed E-state index contributed by atoms with van der Waals surface area (Å²) in [5.74, 6) is 1.43. The lowest BCUT2D eigenvalue weighted by Gasteiger charge is -2.44. The molecule has 4 nitrogen and oxygen atoms in total. The molecule has 3 fully saturated rings. The minimum atomic E-state index is -0.323. The summed E-state index contributed by atoms with van der Waals surface area (Å²) < 4.78 is 0. The summed E-state index contributed by atoms with van der Waals surface area (Å²) in [4.78, 5) is 27.5. The Morgan fingerprint density at radius 3 is 2.33 bits per heavy atom. The van der Waals surface area contributed by atoms with Gasteiger partial charge in [-0.05, 0) is 43.4 Å². The van der Waals surface area contributed by atoms with E-state index in [4.69, 9.17) is 0 Å². The molecular weight excluding hydrogens is 264 g/mol. The van der Waals surface area contributed by atoms with E-state index in [1.165, 1.54) is 32.1 Å². The third-order valence-electron chi connectivity index (χ3n) is 5.37. The highest BCUT2D eigenvalue weighted by atomic mass is 16.2. The van der Waals surface area contributed by atoms with Gasteiger partial charge in [0.1, 0.15) is 12.1 Å². The van der Waals surface area contributed by atoms with Crippen LogP contribution in [-0.2, 0) is 9.59 Å². The summed E-state index contributed by atoms with van der Waals surface area (Å²) in [6.07, 6.45) is 8.30. The Balaban J connectivity index is 1.80. The number of carbonyl (C=O) groups is 2. The lowest BCUT2D eigenvalue weighted by atomic mass is 9.81. The fourth-order valence-corrected chi connectivity index (χ4v) is 3.91. The molecule has 0 spiro atoms. The number of hydrogen-bond acceptors (Lipinski definition) is 2. The van der Waals surface area contributed by atoms with Gasteiger partial charge in [-0.3, -0.25) is 9.59 Å². The molecule has 2 amide bonds. The van der Waals surface area contributed by atoms with Crippen LogP contribution < -0.4 is 5.32 Å². The van der Waals surface area contributed by atoms with E-state index in [0.29, 0.717) is 11.8 Å². The second kappa shape index (κ2) is 5.98. The van der Waals surface area contributed by atoms with Gasteiger partial charge in [-0.2, -0.15) is 0 Å². The zero-order chi connectivity index (χ0) is 15.0. The van der Waals surface area contributed by atoms with Crippen molar-refractivity contribution in [3.8, 4) is 0 Å². The summed E-state index contributed by atoms with van der Waals surface area (Å²) >= 11 is 0. The van der Waals surface area contributed by atoms with Crippen molar-refractivity contribution in [1.29, 1.82) is 0 Å². The Morgan fingerprint density at radius 2 is 1.76 bits per heavy atom. The molecular formula is C17H28N2O2. The molecule has 3 rings (SSSR count). The van der Waals surface area contributed by atoms with E-state index >= 15 is 0 Å². The molecule has 2 unspecified atom stereocenters. The topological polar surface area (TPSA) is 49.4 Å². The van der Waals surface area contributed by atoms with Gasteiger partial charge >= 0.3 is 0 Å². The molecule has 1 aliphatic heterocycles. The largest absolute Gasteiger partial charge is 0.342 e. The Morgan fingerprint density at radius 1 is 1.10 bits per heavy atom. The van der Waals surface area contributed by atoms with Gasteiger partial charge in [0.05, 0.1) is 0 Å². The summed E-state index contributed by atoms with van der Waals surface area (Å²) in [5, 5.41) is 3.01. The van der Waals surface area contributed by atoms with Gasteiger partial charge in [-0.25, -0.2) is 0 Å². The van der Waals surface area contributed by atoms with Crippen LogP contribution in [0.2, 0.25) is 0 Å². The number of rotatable bonds is 4. The minimum absolute atomic E-state index is 0.0980. The van der Waals surface area contributed by atoms with Crippen molar-refractivity contribution < 1.29 is 9.59 Å². The van der Waals surface area contributed by atoms with Crippen LogP contribution in [0.5, 0.6) is 0 Å². The van der Waals surface area contributed by atoms with Crippen LogP contribution >= 0.6 is 0 Å². The van der Waals surface area contributed by atoms with Crippen LogP contribution in [0, 0.1) is 17.8 Å². The van der Waals surface area contributed by atoms with Crippen molar-refractivity contribution in [3.63, 3.8) is 0 Å². The number of amides is 2. The first-order valence-corrected chi connectivity index (χ1v) is 8.68. The lowest BCUT2D eigenvalue weighted by Crippen LogP contribution is -2.66. The summed E-state index contributed by atoms with van der Waals surface area (Å²) in [6, 6.07) is -0.524. The van der Waals surface area contributed by atoms with E-state index in [0.717, 1.165) is 19.4 Å². The van der Waals surface area contributed by atoms with Crippen LogP contribution in [0.15, 0.2) is 0 Å². The van der Waals surface area contributed by atoms with Gasteiger partial charge < -0.3 is 10.2 Å². The Hall–Kier alpha value is -1.06. The molecule has 1 heterocycles. The first-order valence-electron chi connectivity index (χ1n) is 8.68. The highest BCUT2D eigenvalue weighted by Crippen LogP contribution is 2.36. The van der Waals surface area contributed by atoms with E-state index in [1.54, 1.807) is 0 Å². The molecule has 118 valence electrons. The van der Waals surface area contributed by atoms with E-state index in [2.05, 4.69) is 5.32 Å². The molecule has 4 heteroatoms. The minimum Gasteiger partial charge on any atom is -0.342 e. The van der Waals surface area contributed by atoms with E-state index in [9.17, 15) is 9.59 Å². The second-order valence-electron chi connectivity index (χ2n) is 7.51. The number of piperazine rings is 1. The van der Waals surface area contributed by atoms with Crippen molar-refractivity contribution in [2.24, 2.45) is 17.8 Å². The monoisotopic (exact) mass is 292 g/mol. The van der Waals surface area contributed by atoms with Gasteiger partial charge in [-0.15, -0.1) is 0 Å². The second-order valence-corrected chi connectivity index (χ2v) is 7.51. The molecule has 0 aromatic rings. The van der Waals surface area contributed by atoms with E-state index in [1.807, 2.05) is 18.7 Å². The average Bonchev–Trinajstić information content (AvgIpc) is 3.27. The fourth-order valence-electron chi connectivity index (χ4n) is 3.91. The van der Waals surface area contributed by atoms with Gasteiger partial charge in [0.15, 0.2) is 0 Å². The van der Waals surface area contributed by atoms with Gasteiger partial charge in [-0.1, -0.05) is 33.1 Å². The summed E-state index contributed by atoms with van der Waals surface area (Å²) in [7, 11) is 0. The molecule has 2 atom stereocenters. The van der Waals surface area contributed by atoms with E-state index < -0.39 is 0 Å². The van der Waals surface area contributed by atoms with Crippen molar-refractivity contribution in [2.45, 2.75) is 70.9 Å². The molecule has 1 saturated heterocycles. The normalized spacial score (nSPS) is 31.7. The SMILES string of the molecule is CC(C)C1NC(=O)C(C2CCCCC2)N(CC2CC2)C1=O. The van der Waals surface area contributed by atoms with Crippen LogP contribution in [0.25, 0.3) is 0 Å². The summed E-state index contributed by atoms with van der Waals surface area (Å²) in [5.41, 5.74) is 0. The highest BCUT2D eigenvalue weighted by Gasteiger charge is 2.46. The third kappa shape index (κ3) is 3.09. The van der Waals surface area contributed by atoms with Crippen molar-refractivity contribution in [1.82, 2.24) is 10.2 Å². The van der Waals surface area contributed by atoms with Crippen molar-refractivity contribution >= 4 is 11.8 Å². The quantitative estimate of drug-likeness (QED) is 0.864. The molecule has 0 bridgehead atoms. The molecule has 0 radical (unpaired) electrons. The van der Waals surface area contributed by atoms with Gasteiger partial charge in [0.25, 0.3) is 0 Å². The predicted molar refractivity (Wildman–Crippen MR) is 81.6 cm³/mol. The standard InChI is InChI=1S/C17H28N2O2/c1-11(2)14-17(21)19(10-12-8-9-12)15(16(20)18-14)13-6-4-3-5-7-13/h11-15H,3-10H2,1-2H3,(H,18,20). The smallest absolute Gasteiger partial charge is 0.246 e. The average molecular weight is 292 g/mol. The summed E-state index contributed by atoms with van der Waals surface area (Å²) in [6.45, 7) is 4.83. The zero-order valence-corrected chi connectivity index (χ0v) is 13.3. The number of nitrogens with one attached hydrogen (secondary N) is 1. The van der Waals surface area contributed by atoms with Crippen LogP contribution in [0.1, 0.15) is 58.8 Å². The molecule has 1 N–H and O–H groups in total. The van der Waals surface area contributed by atoms with Crippen LogP contribution in [0.4, 0.5) is 0 Å². The molecule has 3 aliphatic rings. The Labute approximate surface area is 127 Å². The number of nitrogens with zero attached hydrogens (tertiary/aromatic N) is 1. The van der Waals surface area contributed by atoms with Crippen LogP contribution in [0.3, 0.4) is 0 Å². The number of carbonyl (C=O) groups excluding carboxylic acids is 2. The first-order chi connectivity index (χ1) is 10.1. The Kier molecular flexibility index (Phi) is 4.23. The van der Waals surface area contributed by atoms with Crippen LogP contribution in [-0.4, -0.2) is 35.3 Å². The highest BCUT2D eigenvalue weighted by molar-refractivity contribution is 5.97. The van der Waals surface area contributed by atoms with Crippen molar-refractivity contribution in [3.05, 3.63) is 0 Å².